The average molecular weight is 271 g/mol. The third kappa shape index (κ3) is 2.68. The number of carboxylic acids is 1. The number of methoxy groups -OCH3 is 1. The maximum atomic E-state index is 10.9. The fourth-order valence-electron chi connectivity index (χ4n) is 2.04. The molecule has 1 aliphatic heterocycles. The van der Waals surface area contributed by atoms with Crippen molar-refractivity contribution in [1.29, 1.82) is 0 Å². The number of carboxylic acid groups (broad SMARTS) is 1. The first kappa shape index (κ1) is 13.0. The van der Waals surface area contributed by atoms with Crippen LogP contribution in [-0.4, -0.2) is 36.8 Å². The van der Waals surface area contributed by atoms with Gasteiger partial charge in [0.2, 0.25) is 0 Å². The summed E-state index contributed by atoms with van der Waals surface area (Å²) in [6.45, 7) is 1.21. The molecular formula is C12H15ClN2O3. The van der Waals surface area contributed by atoms with Crippen molar-refractivity contribution in [3.63, 3.8) is 0 Å². The Bertz CT molecular complexity index is 461. The van der Waals surface area contributed by atoms with E-state index < -0.39 is 11.5 Å². The molecule has 5 nitrogen and oxygen atoms in total. The van der Waals surface area contributed by atoms with Gasteiger partial charge in [-0.2, -0.15) is 0 Å². The van der Waals surface area contributed by atoms with Crippen molar-refractivity contribution in [3.8, 4) is 5.75 Å². The van der Waals surface area contributed by atoms with Crippen molar-refractivity contribution >= 4 is 23.3 Å². The Labute approximate surface area is 110 Å². The zero-order valence-electron chi connectivity index (χ0n) is 10.00. The number of hydrogen-bond donors (Lipinski definition) is 3. The molecule has 2 rings (SSSR count). The van der Waals surface area contributed by atoms with Crippen LogP contribution < -0.4 is 15.4 Å². The Hall–Kier alpha value is -1.46. The molecule has 0 aromatic heterocycles. The molecule has 98 valence electrons. The number of ether oxygens (including phenoxy) is 1. The van der Waals surface area contributed by atoms with E-state index in [-0.39, 0.29) is 6.42 Å². The Balaban J connectivity index is 2.21. The van der Waals surface area contributed by atoms with Gasteiger partial charge in [0.15, 0.2) is 0 Å². The van der Waals surface area contributed by atoms with Gasteiger partial charge >= 0.3 is 5.97 Å². The van der Waals surface area contributed by atoms with Crippen molar-refractivity contribution in [3.05, 3.63) is 23.2 Å². The van der Waals surface area contributed by atoms with Crippen LogP contribution in [-0.2, 0) is 4.79 Å². The van der Waals surface area contributed by atoms with Crippen molar-refractivity contribution in [2.45, 2.75) is 12.0 Å². The summed E-state index contributed by atoms with van der Waals surface area (Å²) in [5.74, 6) is -0.180. The summed E-state index contributed by atoms with van der Waals surface area (Å²) in [6.07, 6.45) is 0.0513. The van der Waals surface area contributed by atoms with E-state index in [9.17, 15) is 4.79 Å². The van der Waals surface area contributed by atoms with Crippen LogP contribution in [0, 0.1) is 0 Å². The van der Waals surface area contributed by atoms with Crippen LogP contribution in [0.15, 0.2) is 18.2 Å². The second kappa shape index (κ2) is 5.04. The molecule has 1 fully saturated rings. The Morgan fingerprint density at radius 3 is 2.83 bits per heavy atom. The number of halogens is 1. The third-order valence-electron chi connectivity index (χ3n) is 2.98. The predicted octanol–water partition coefficient (Wildman–Crippen LogP) is 1.58. The van der Waals surface area contributed by atoms with E-state index in [1.807, 2.05) is 0 Å². The highest BCUT2D eigenvalue weighted by atomic mass is 35.5. The maximum absolute atomic E-state index is 10.9. The number of rotatable bonds is 5. The standard InChI is InChI=1S/C12H15ClN2O3/c1-18-10-3-2-8(13)4-9(10)15-12(5-11(16)17)6-14-7-12/h2-4,14-15H,5-7H2,1H3,(H,16,17). The van der Waals surface area contributed by atoms with Gasteiger partial charge in [-0.1, -0.05) is 11.6 Å². The number of nitrogens with one attached hydrogen (secondary N) is 2. The van der Waals surface area contributed by atoms with Gasteiger partial charge in [0, 0.05) is 18.1 Å². The molecule has 3 N–H and O–H groups in total. The molecule has 0 bridgehead atoms. The zero-order chi connectivity index (χ0) is 13.2. The van der Waals surface area contributed by atoms with Crippen LogP contribution in [0.25, 0.3) is 0 Å². The Morgan fingerprint density at radius 1 is 1.61 bits per heavy atom. The van der Waals surface area contributed by atoms with E-state index in [4.69, 9.17) is 21.4 Å². The van der Waals surface area contributed by atoms with Gasteiger partial charge in [-0.15, -0.1) is 0 Å². The van der Waals surface area contributed by atoms with Crippen LogP contribution in [0.2, 0.25) is 5.02 Å². The molecule has 0 amide bonds. The van der Waals surface area contributed by atoms with E-state index in [1.165, 1.54) is 0 Å². The fourth-order valence-corrected chi connectivity index (χ4v) is 2.21. The van der Waals surface area contributed by atoms with Crippen molar-refractivity contribution in [2.24, 2.45) is 0 Å². The summed E-state index contributed by atoms with van der Waals surface area (Å²) in [4.78, 5) is 10.9. The van der Waals surface area contributed by atoms with E-state index in [0.717, 1.165) is 0 Å². The van der Waals surface area contributed by atoms with Gasteiger partial charge in [-0.3, -0.25) is 4.79 Å². The van der Waals surface area contributed by atoms with Crippen LogP contribution in [0.3, 0.4) is 0 Å². The SMILES string of the molecule is COc1ccc(Cl)cc1NC1(CC(=O)O)CNC1. The minimum absolute atomic E-state index is 0.0513. The molecule has 0 saturated carbocycles. The second-order valence-corrected chi connectivity index (χ2v) is 4.86. The highest BCUT2D eigenvalue weighted by Crippen LogP contribution is 2.32. The molecule has 0 aliphatic carbocycles. The Kier molecular flexibility index (Phi) is 3.63. The number of carbonyl (C=O) groups is 1. The largest absolute Gasteiger partial charge is 0.495 e. The highest BCUT2D eigenvalue weighted by Gasteiger charge is 2.39. The van der Waals surface area contributed by atoms with E-state index in [1.54, 1.807) is 25.3 Å². The first-order valence-electron chi connectivity index (χ1n) is 5.59. The highest BCUT2D eigenvalue weighted by molar-refractivity contribution is 6.30. The summed E-state index contributed by atoms with van der Waals surface area (Å²) in [5.41, 5.74) is 0.247. The summed E-state index contributed by atoms with van der Waals surface area (Å²) in [6, 6.07) is 5.22. The molecule has 0 unspecified atom stereocenters. The summed E-state index contributed by atoms with van der Waals surface area (Å²) in [7, 11) is 1.57. The zero-order valence-corrected chi connectivity index (χ0v) is 10.8. The lowest BCUT2D eigenvalue weighted by Gasteiger charge is -2.43. The van der Waals surface area contributed by atoms with Crippen molar-refractivity contribution < 1.29 is 14.6 Å². The summed E-state index contributed by atoms with van der Waals surface area (Å²) >= 11 is 5.94. The van der Waals surface area contributed by atoms with Gasteiger partial charge in [0.05, 0.1) is 24.8 Å². The molecule has 1 aliphatic rings. The van der Waals surface area contributed by atoms with Crippen molar-refractivity contribution in [1.82, 2.24) is 5.32 Å². The smallest absolute Gasteiger partial charge is 0.305 e. The normalized spacial score (nSPS) is 16.8. The number of hydrogen-bond acceptors (Lipinski definition) is 4. The molecule has 6 heteroatoms. The van der Waals surface area contributed by atoms with E-state index in [0.29, 0.717) is 29.5 Å². The third-order valence-corrected chi connectivity index (χ3v) is 3.21. The molecule has 1 aromatic rings. The van der Waals surface area contributed by atoms with Crippen LogP contribution in [0.1, 0.15) is 6.42 Å². The monoisotopic (exact) mass is 270 g/mol. The van der Waals surface area contributed by atoms with E-state index >= 15 is 0 Å². The minimum Gasteiger partial charge on any atom is -0.495 e. The molecule has 0 spiro atoms. The van der Waals surface area contributed by atoms with Crippen LogP contribution in [0.4, 0.5) is 5.69 Å². The van der Waals surface area contributed by atoms with Gasteiger partial charge in [-0.05, 0) is 18.2 Å². The molecular weight excluding hydrogens is 256 g/mol. The topological polar surface area (TPSA) is 70.6 Å². The molecule has 1 aromatic carbocycles. The molecule has 0 atom stereocenters. The first-order chi connectivity index (χ1) is 8.54. The fraction of sp³-hybridized carbons (Fsp3) is 0.417. The van der Waals surface area contributed by atoms with Crippen LogP contribution >= 0.6 is 11.6 Å². The minimum atomic E-state index is -0.829. The van der Waals surface area contributed by atoms with Crippen molar-refractivity contribution in [2.75, 3.05) is 25.5 Å². The summed E-state index contributed by atoms with van der Waals surface area (Å²) in [5, 5.41) is 15.8. The average Bonchev–Trinajstić information content (AvgIpc) is 2.26. The maximum Gasteiger partial charge on any atom is 0.305 e. The van der Waals surface area contributed by atoms with Gasteiger partial charge < -0.3 is 20.5 Å². The first-order valence-corrected chi connectivity index (χ1v) is 5.97. The summed E-state index contributed by atoms with van der Waals surface area (Å²) < 4.78 is 5.23. The quantitative estimate of drug-likeness (QED) is 0.758. The molecule has 18 heavy (non-hydrogen) atoms. The van der Waals surface area contributed by atoms with Gasteiger partial charge in [0.1, 0.15) is 5.75 Å². The molecule has 0 radical (unpaired) electrons. The lowest BCUT2D eigenvalue weighted by atomic mass is 9.88. The number of anilines is 1. The number of aliphatic carboxylic acids is 1. The molecule has 1 saturated heterocycles. The van der Waals surface area contributed by atoms with E-state index in [2.05, 4.69) is 10.6 Å². The second-order valence-electron chi connectivity index (χ2n) is 4.42. The number of benzene rings is 1. The van der Waals surface area contributed by atoms with Crippen LogP contribution in [0.5, 0.6) is 5.75 Å². The Morgan fingerprint density at radius 2 is 2.33 bits per heavy atom. The van der Waals surface area contributed by atoms with Gasteiger partial charge in [0.25, 0.3) is 0 Å². The predicted molar refractivity (Wildman–Crippen MR) is 69.5 cm³/mol. The lowest BCUT2D eigenvalue weighted by Crippen LogP contribution is -2.65. The van der Waals surface area contributed by atoms with Gasteiger partial charge in [-0.25, -0.2) is 0 Å². The lowest BCUT2D eigenvalue weighted by molar-refractivity contribution is -0.138. The molecule has 1 heterocycles.